The van der Waals surface area contributed by atoms with Gasteiger partial charge < -0.3 is 9.47 Å². The first kappa shape index (κ1) is 22.2. The molecule has 150 valence electrons. The minimum absolute atomic E-state index is 0.567. The monoisotopic (exact) mass is 410 g/mol. The second-order valence-corrected chi connectivity index (χ2v) is 7.84. The third kappa shape index (κ3) is 6.76. The first-order valence-corrected chi connectivity index (χ1v) is 11.1. The van der Waals surface area contributed by atoms with E-state index < -0.39 is 0 Å². The summed E-state index contributed by atoms with van der Waals surface area (Å²) in [4.78, 5) is 0. The van der Waals surface area contributed by atoms with Gasteiger partial charge >= 0.3 is 0 Å². The fraction of sp³-hybridized carbons (Fsp3) is 0.565. The summed E-state index contributed by atoms with van der Waals surface area (Å²) in [5.41, 5.74) is 0. The largest absolute Gasteiger partial charge is 0.493 e. The van der Waals surface area contributed by atoms with Crippen molar-refractivity contribution < 1.29 is 9.47 Å². The van der Waals surface area contributed by atoms with E-state index in [1.165, 1.54) is 19.3 Å². The highest BCUT2D eigenvalue weighted by atomic mass is 35.5. The van der Waals surface area contributed by atoms with Gasteiger partial charge in [0.1, 0.15) is 11.5 Å². The summed E-state index contributed by atoms with van der Waals surface area (Å²) in [6, 6.07) is 10.1. The van der Waals surface area contributed by atoms with Crippen LogP contribution in [0.3, 0.4) is 0 Å². The molecule has 0 saturated carbocycles. The lowest BCUT2D eigenvalue weighted by Crippen LogP contribution is -2.12. The van der Waals surface area contributed by atoms with Gasteiger partial charge in [0.25, 0.3) is 0 Å². The molecule has 0 aromatic heterocycles. The van der Waals surface area contributed by atoms with Crippen molar-refractivity contribution in [3.63, 3.8) is 0 Å². The quantitative estimate of drug-likeness (QED) is 0.247. The van der Waals surface area contributed by atoms with E-state index in [0.717, 1.165) is 48.0 Å². The summed E-state index contributed by atoms with van der Waals surface area (Å²) in [5, 5.41) is 2.69. The molecular weight excluding hydrogens is 379 g/mol. The van der Waals surface area contributed by atoms with Crippen LogP contribution < -0.4 is 9.47 Å². The van der Waals surface area contributed by atoms with E-state index in [0.29, 0.717) is 30.0 Å². The van der Waals surface area contributed by atoms with Gasteiger partial charge in [0.05, 0.1) is 18.2 Å². The molecule has 27 heavy (non-hydrogen) atoms. The van der Waals surface area contributed by atoms with Crippen molar-refractivity contribution in [3.05, 3.63) is 35.4 Å². The Morgan fingerprint density at radius 2 is 1.74 bits per heavy atom. The van der Waals surface area contributed by atoms with Gasteiger partial charge in [-0.15, -0.1) is 11.6 Å². The zero-order chi connectivity index (χ0) is 19.5. The van der Waals surface area contributed by atoms with E-state index in [4.69, 9.17) is 32.7 Å². The zero-order valence-corrected chi connectivity index (χ0v) is 18.1. The molecule has 0 N–H and O–H groups in total. The van der Waals surface area contributed by atoms with Crippen molar-refractivity contribution in [1.82, 2.24) is 0 Å². The predicted molar refractivity (Wildman–Crippen MR) is 118 cm³/mol. The number of ether oxygens (including phenoxy) is 2. The minimum atomic E-state index is 0.567. The Morgan fingerprint density at radius 3 is 2.44 bits per heavy atom. The molecule has 0 fully saturated rings. The van der Waals surface area contributed by atoms with Crippen molar-refractivity contribution in [2.75, 3.05) is 19.1 Å². The van der Waals surface area contributed by atoms with E-state index in [1.807, 2.05) is 18.2 Å². The summed E-state index contributed by atoms with van der Waals surface area (Å²) in [6.45, 7) is 5.84. The molecule has 2 rings (SSSR count). The second-order valence-electron chi connectivity index (χ2n) is 7.06. The SMILES string of the molecule is CCCCC(CC)COc1c(Cl)cc(OCCCCCCl)c2ccccc12. The van der Waals surface area contributed by atoms with E-state index in [-0.39, 0.29) is 0 Å². The van der Waals surface area contributed by atoms with Gasteiger partial charge in [-0.2, -0.15) is 0 Å². The van der Waals surface area contributed by atoms with Crippen LogP contribution >= 0.6 is 23.2 Å². The molecule has 0 aliphatic carbocycles. The summed E-state index contributed by atoms with van der Waals surface area (Å²) >= 11 is 12.3. The second kappa shape index (κ2) is 12.4. The molecular formula is C23H32Cl2O2. The molecule has 1 atom stereocenters. The Labute approximate surface area is 174 Å². The summed E-state index contributed by atoms with van der Waals surface area (Å²) in [7, 11) is 0. The van der Waals surface area contributed by atoms with Gasteiger partial charge in [0, 0.05) is 22.7 Å². The van der Waals surface area contributed by atoms with E-state index in [2.05, 4.69) is 26.0 Å². The van der Waals surface area contributed by atoms with Crippen molar-refractivity contribution in [2.24, 2.45) is 5.92 Å². The Kier molecular flexibility index (Phi) is 10.2. The maximum atomic E-state index is 6.58. The summed E-state index contributed by atoms with van der Waals surface area (Å²) in [6.07, 6.45) is 7.88. The maximum Gasteiger partial charge on any atom is 0.145 e. The Balaban J connectivity index is 2.13. The molecule has 1 unspecified atom stereocenters. The molecule has 0 aliphatic rings. The summed E-state index contributed by atoms with van der Waals surface area (Å²) in [5.74, 6) is 2.87. The Bertz CT molecular complexity index is 687. The molecule has 0 saturated heterocycles. The molecule has 4 heteroatoms. The maximum absolute atomic E-state index is 6.58. The van der Waals surface area contributed by atoms with Crippen LogP contribution in [-0.2, 0) is 0 Å². The number of benzene rings is 2. The lowest BCUT2D eigenvalue weighted by Gasteiger charge is -2.19. The molecule has 2 aromatic carbocycles. The standard InChI is InChI=1S/C23H32Cl2O2/c1-3-5-11-18(4-2)17-27-23-20-13-8-7-12-19(20)22(16-21(23)25)26-15-10-6-9-14-24/h7-8,12-13,16,18H,3-6,9-11,14-15,17H2,1-2H3. The molecule has 0 heterocycles. The number of fused-ring (bicyclic) bond motifs is 1. The predicted octanol–water partition coefficient (Wildman–Crippen LogP) is 7.88. The first-order chi connectivity index (χ1) is 13.2. The van der Waals surface area contributed by atoms with Crippen molar-refractivity contribution in [3.8, 4) is 11.5 Å². The first-order valence-electron chi connectivity index (χ1n) is 10.2. The molecule has 0 aliphatic heterocycles. The van der Waals surface area contributed by atoms with Crippen molar-refractivity contribution in [2.45, 2.75) is 58.8 Å². The van der Waals surface area contributed by atoms with Crippen LogP contribution in [0.2, 0.25) is 5.02 Å². The number of unbranched alkanes of at least 4 members (excludes halogenated alkanes) is 3. The minimum Gasteiger partial charge on any atom is -0.493 e. The number of hydrogen-bond donors (Lipinski definition) is 0. The number of alkyl halides is 1. The molecule has 0 radical (unpaired) electrons. The molecule has 0 amide bonds. The smallest absolute Gasteiger partial charge is 0.145 e. The Morgan fingerprint density at radius 1 is 0.963 bits per heavy atom. The average Bonchev–Trinajstić information content (AvgIpc) is 2.69. The highest BCUT2D eigenvalue weighted by Crippen LogP contribution is 2.40. The van der Waals surface area contributed by atoms with Gasteiger partial charge in [0.2, 0.25) is 0 Å². The van der Waals surface area contributed by atoms with Crippen LogP contribution in [0, 0.1) is 5.92 Å². The molecule has 0 spiro atoms. The van der Waals surface area contributed by atoms with Crippen molar-refractivity contribution >= 4 is 34.0 Å². The van der Waals surface area contributed by atoms with E-state index in [9.17, 15) is 0 Å². The van der Waals surface area contributed by atoms with Crippen LogP contribution in [0.5, 0.6) is 11.5 Å². The normalized spacial score (nSPS) is 12.3. The number of halogens is 2. The van der Waals surface area contributed by atoms with Crippen LogP contribution in [-0.4, -0.2) is 19.1 Å². The molecule has 0 bridgehead atoms. The lowest BCUT2D eigenvalue weighted by molar-refractivity contribution is 0.235. The van der Waals surface area contributed by atoms with Crippen LogP contribution in [0.25, 0.3) is 10.8 Å². The van der Waals surface area contributed by atoms with Gasteiger partial charge in [-0.25, -0.2) is 0 Å². The average molecular weight is 411 g/mol. The third-order valence-corrected chi connectivity index (χ3v) is 5.50. The van der Waals surface area contributed by atoms with Gasteiger partial charge in [-0.1, -0.05) is 69.0 Å². The number of rotatable bonds is 13. The highest BCUT2D eigenvalue weighted by Gasteiger charge is 2.15. The molecule has 2 nitrogen and oxygen atoms in total. The van der Waals surface area contributed by atoms with Crippen LogP contribution in [0.1, 0.15) is 58.8 Å². The van der Waals surface area contributed by atoms with Crippen LogP contribution in [0.4, 0.5) is 0 Å². The zero-order valence-electron chi connectivity index (χ0n) is 16.6. The highest BCUT2D eigenvalue weighted by molar-refractivity contribution is 6.33. The topological polar surface area (TPSA) is 18.5 Å². The Hall–Kier alpha value is -1.12. The fourth-order valence-corrected chi connectivity index (χ4v) is 3.65. The molecule has 2 aromatic rings. The lowest BCUT2D eigenvalue weighted by atomic mass is 10.0. The third-order valence-electron chi connectivity index (χ3n) is 4.95. The summed E-state index contributed by atoms with van der Waals surface area (Å²) < 4.78 is 12.2. The van der Waals surface area contributed by atoms with Crippen molar-refractivity contribution in [1.29, 1.82) is 0 Å². The number of hydrogen-bond acceptors (Lipinski definition) is 2. The van der Waals surface area contributed by atoms with E-state index in [1.54, 1.807) is 0 Å². The fourth-order valence-electron chi connectivity index (χ4n) is 3.20. The van der Waals surface area contributed by atoms with Gasteiger partial charge in [0.15, 0.2) is 0 Å². The van der Waals surface area contributed by atoms with Gasteiger partial charge in [-0.3, -0.25) is 0 Å². The van der Waals surface area contributed by atoms with Crippen LogP contribution in [0.15, 0.2) is 30.3 Å². The van der Waals surface area contributed by atoms with Gasteiger partial charge in [-0.05, 0) is 31.6 Å². The van der Waals surface area contributed by atoms with E-state index >= 15 is 0 Å².